The van der Waals surface area contributed by atoms with Crippen LogP contribution in [0.5, 0.6) is 0 Å². The fourth-order valence-electron chi connectivity index (χ4n) is 1.75. The van der Waals surface area contributed by atoms with Crippen molar-refractivity contribution in [3.63, 3.8) is 0 Å². The van der Waals surface area contributed by atoms with Crippen LogP contribution in [-0.4, -0.2) is 49.4 Å². The van der Waals surface area contributed by atoms with E-state index >= 15 is 0 Å². The van der Waals surface area contributed by atoms with Gasteiger partial charge in [0.05, 0.1) is 19.8 Å². The van der Waals surface area contributed by atoms with Crippen molar-refractivity contribution in [3.8, 4) is 0 Å². The van der Waals surface area contributed by atoms with Crippen molar-refractivity contribution in [1.82, 2.24) is 5.32 Å². The Morgan fingerprint density at radius 1 is 1.25 bits per heavy atom. The molecule has 0 aromatic heterocycles. The summed E-state index contributed by atoms with van der Waals surface area (Å²) in [5.74, 6) is -0.842. The van der Waals surface area contributed by atoms with Gasteiger partial charge in [-0.05, 0) is 26.7 Å². The predicted molar refractivity (Wildman–Crippen MR) is 73.2 cm³/mol. The molecule has 0 aromatic rings. The Morgan fingerprint density at radius 3 is 2.35 bits per heavy atom. The van der Waals surface area contributed by atoms with Gasteiger partial charge in [0.1, 0.15) is 11.6 Å². The summed E-state index contributed by atoms with van der Waals surface area (Å²) in [6.45, 7) is 10.2. The summed E-state index contributed by atoms with van der Waals surface area (Å²) in [5.41, 5.74) is -0.584. The molecule has 6 nitrogen and oxygen atoms in total. The minimum atomic E-state index is -0.688. The molecule has 116 valence electrons. The van der Waals surface area contributed by atoms with Gasteiger partial charge in [0.25, 0.3) is 5.91 Å². The lowest BCUT2D eigenvalue weighted by molar-refractivity contribution is -0.163. The molecule has 1 unspecified atom stereocenters. The van der Waals surface area contributed by atoms with E-state index in [0.29, 0.717) is 13.2 Å². The topological polar surface area (TPSA) is 73.9 Å². The molecule has 0 aromatic carbocycles. The van der Waals surface area contributed by atoms with Crippen LogP contribution in [0.2, 0.25) is 0 Å². The van der Waals surface area contributed by atoms with Crippen LogP contribution in [0.15, 0.2) is 0 Å². The highest BCUT2D eigenvalue weighted by Crippen LogP contribution is 2.13. The molecule has 1 rings (SSSR count). The minimum absolute atomic E-state index is 0.0710. The first kappa shape index (κ1) is 16.9. The van der Waals surface area contributed by atoms with E-state index < -0.39 is 23.7 Å². The van der Waals surface area contributed by atoms with E-state index in [2.05, 4.69) is 5.32 Å². The Morgan fingerprint density at radius 2 is 1.90 bits per heavy atom. The van der Waals surface area contributed by atoms with Gasteiger partial charge in [0, 0.05) is 0 Å². The largest absolute Gasteiger partial charge is 0.458 e. The van der Waals surface area contributed by atoms with Crippen molar-refractivity contribution in [2.24, 2.45) is 5.92 Å². The summed E-state index contributed by atoms with van der Waals surface area (Å²) in [6.07, 6.45) is -0.660. The van der Waals surface area contributed by atoms with Crippen LogP contribution in [0.25, 0.3) is 0 Å². The number of rotatable bonds is 4. The first-order valence-electron chi connectivity index (χ1n) is 6.93. The maximum absolute atomic E-state index is 12.1. The van der Waals surface area contributed by atoms with Crippen molar-refractivity contribution in [3.05, 3.63) is 0 Å². The third-order valence-electron chi connectivity index (χ3n) is 2.73. The van der Waals surface area contributed by atoms with Crippen molar-refractivity contribution >= 4 is 11.9 Å². The second-order valence-electron chi connectivity index (χ2n) is 6.20. The lowest BCUT2D eigenvalue weighted by Crippen LogP contribution is -2.52. The highest BCUT2D eigenvalue weighted by molar-refractivity contribution is 5.87. The molecular weight excluding hydrogens is 262 g/mol. The predicted octanol–water partition coefficient (Wildman–Crippen LogP) is 0.884. The number of esters is 1. The zero-order valence-corrected chi connectivity index (χ0v) is 12.9. The summed E-state index contributed by atoms with van der Waals surface area (Å²) in [7, 11) is 0. The van der Waals surface area contributed by atoms with Gasteiger partial charge in [0.2, 0.25) is 0 Å². The van der Waals surface area contributed by atoms with Crippen LogP contribution >= 0.6 is 0 Å². The number of hydrogen-bond donors (Lipinski definition) is 1. The second kappa shape index (κ2) is 7.04. The molecule has 1 aliphatic rings. The molecule has 2 atom stereocenters. The smallest absolute Gasteiger partial charge is 0.329 e. The standard InChI is InChI=1S/C14H25NO5/c1-9(2)11(13(17)20-14(3,4)5)15-12(16)10-8-18-6-7-19-10/h9-11H,6-8H2,1-5H3,(H,15,16)/t10?,11-/m0/s1. The normalized spacial score (nSPS) is 21.4. The zero-order chi connectivity index (χ0) is 15.3. The lowest BCUT2D eigenvalue weighted by atomic mass is 10.0. The fraction of sp³-hybridized carbons (Fsp3) is 0.857. The quantitative estimate of drug-likeness (QED) is 0.777. The molecule has 1 amide bonds. The van der Waals surface area contributed by atoms with Crippen molar-refractivity contribution in [2.45, 2.75) is 52.4 Å². The Balaban J connectivity index is 2.62. The monoisotopic (exact) mass is 287 g/mol. The van der Waals surface area contributed by atoms with Gasteiger partial charge < -0.3 is 19.5 Å². The molecule has 1 N–H and O–H groups in total. The van der Waals surface area contributed by atoms with E-state index in [4.69, 9.17) is 14.2 Å². The fourth-order valence-corrected chi connectivity index (χ4v) is 1.75. The molecule has 0 aliphatic carbocycles. The van der Waals surface area contributed by atoms with E-state index in [-0.39, 0.29) is 18.4 Å². The number of carbonyl (C=O) groups excluding carboxylic acids is 2. The molecule has 1 heterocycles. The van der Waals surface area contributed by atoms with Crippen molar-refractivity contribution < 1.29 is 23.8 Å². The van der Waals surface area contributed by atoms with Crippen LogP contribution in [0.1, 0.15) is 34.6 Å². The molecule has 1 aliphatic heterocycles. The Hall–Kier alpha value is -1.14. The molecular formula is C14H25NO5. The summed E-state index contributed by atoms with van der Waals surface area (Å²) in [6, 6.07) is -0.688. The van der Waals surface area contributed by atoms with Crippen LogP contribution in [0.3, 0.4) is 0 Å². The Bertz CT molecular complexity index is 342. The van der Waals surface area contributed by atoms with Crippen LogP contribution in [-0.2, 0) is 23.8 Å². The van der Waals surface area contributed by atoms with Crippen molar-refractivity contribution in [2.75, 3.05) is 19.8 Å². The molecule has 1 fully saturated rings. The molecule has 0 saturated carbocycles. The van der Waals surface area contributed by atoms with Gasteiger partial charge in [0.15, 0.2) is 6.10 Å². The highest BCUT2D eigenvalue weighted by Gasteiger charge is 2.32. The number of amides is 1. The van der Waals surface area contributed by atoms with E-state index in [1.807, 2.05) is 13.8 Å². The summed E-state index contributed by atoms with van der Waals surface area (Å²) >= 11 is 0. The molecule has 0 spiro atoms. The maximum Gasteiger partial charge on any atom is 0.329 e. The lowest BCUT2D eigenvalue weighted by Gasteiger charge is -2.28. The number of carbonyl (C=O) groups is 2. The SMILES string of the molecule is CC(C)[C@H](NC(=O)C1COCCO1)C(=O)OC(C)(C)C. The third-order valence-corrected chi connectivity index (χ3v) is 2.73. The van der Waals surface area contributed by atoms with Gasteiger partial charge in [-0.1, -0.05) is 13.8 Å². The van der Waals surface area contributed by atoms with Gasteiger partial charge in [-0.3, -0.25) is 4.79 Å². The first-order chi connectivity index (χ1) is 9.20. The van der Waals surface area contributed by atoms with Gasteiger partial charge >= 0.3 is 5.97 Å². The summed E-state index contributed by atoms with van der Waals surface area (Å²) in [5, 5.41) is 2.69. The van der Waals surface area contributed by atoms with E-state index in [1.54, 1.807) is 20.8 Å². The molecule has 6 heteroatoms. The minimum Gasteiger partial charge on any atom is -0.458 e. The van der Waals surface area contributed by atoms with E-state index in [1.165, 1.54) is 0 Å². The van der Waals surface area contributed by atoms with Crippen LogP contribution in [0, 0.1) is 5.92 Å². The van der Waals surface area contributed by atoms with Gasteiger partial charge in [-0.15, -0.1) is 0 Å². The van der Waals surface area contributed by atoms with E-state index in [0.717, 1.165) is 0 Å². The Labute approximate surface area is 120 Å². The highest BCUT2D eigenvalue weighted by atomic mass is 16.6. The number of hydrogen-bond acceptors (Lipinski definition) is 5. The van der Waals surface area contributed by atoms with Crippen LogP contribution < -0.4 is 5.32 Å². The zero-order valence-electron chi connectivity index (χ0n) is 12.9. The third kappa shape index (κ3) is 5.46. The van der Waals surface area contributed by atoms with Gasteiger partial charge in [-0.2, -0.15) is 0 Å². The average molecular weight is 287 g/mol. The second-order valence-corrected chi connectivity index (χ2v) is 6.20. The van der Waals surface area contributed by atoms with Crippen molar-refractivity contribution in [1.29, 1.82) is 0 Å². The van der Waals surface area contributed by atoms with Crippen LogP contribution in [0.4, 0.5) is 0 Å². The molecule has 0 bridgehead atoms. The summed E-state index contributed by atoms with van der Waals surface area (Å²) in [4.78, 5) is 24.2. The molecule has 20 heavy (non-hydrogen) atoms. The molecule has 1 saturated heterocycles. The number of nitrogens with one attached hydrogen (secondary N) is 1. The number of ether oxygens (including phenoxy) is 3. The van der Waals surface area contributed by atoms with Gasteiger partial charge in [-0.25, -0.2) is 4.79 Å². The maximum atomic E-state index is 12.1. The molecule has 0 radical (unpaired) electrons. The van der Waals surface area contributed by atoms with E-state index in [9.17, 15) is 9.59 Å². The first-order valence-corrected chi connectivity index (χ1v) is 6.93. The summed E-state index contributed by atoms with van der Waals surface area (Å²) < 4.78 is 15.8. The Kier molecular flexibility index (Phi) is 5.95. The average Bonchev–Trinajstić information content (AvgIpc) is 2.34.